The van der Waals surface area contributed by atoms with E-state index < -0.39 is 0 Å². The minimum Gasteiger partial charge on any atom is -0.353 e. The SMILES string of the molecule is Cc1cccnc1N1CCN(C(=O)c2cn(CC(=O)N(C)C)c3cc(Cl)ccc23)CC1. The highest BCUT2D eigenvalue weighted by Crippen LogP contribution is 2.27. The first kappa shape index (κ1) is 21.2. The second kappa shape index (κ2) is 8.59. The van der Waals surface area contributed by atoms with Crippen molar-refractivity contribution in [3.8, 4) is 0 Å². The van der Waals surface area contributed by atoms with Crippen molar-refractivity contribution in [2.75, 3.05) is 45.2 Å². The summed E-state index contributed by atoms with van der Waals surface area (Å²) in [6.45, 7) is 4.90. The van der Waals surface area contributed by atoms with Gasteiger partial charge in [0.05, 0.1) is 11.1 Å². The summed E-state index contributed by atoms with van der Waals surface area (Å²) in [7, 11) is 3.44. The van der Waals surface area contributed by atoms with Crippen LogP contribution in [-0.2, 0) is 11.3 Å². The molecule has 1 fully saturated rings. The van der Waals surface area contributed by atoms with Crippen LogP contribution in [0.4, 0.5) is 5.82 Å². The van der Waals surface area contributed by atoms with Gasteiger partial charge >= 0.3 is 0 Å². The van der Waals surface area contributed by atoms with Crippen molar-refractivity contribution in [2.24, 2.45) is 0 Å². The van der Waals surface area contributed by atoms with Crippen molar-refractivity contribution >= 4 is 40.1 Å². The Kier molecular flexibility index (Phi) is 5.87. The van der Waals surface area contributed by atoms with Crippen LogP contribution in [0.1, 0.15) is 15.9 Å². The Morgan fingerprint density at radius 2 is 1.87 bits per heavy atom. The third-order valence-electron chi connectivity index (χ3n) is 5.73. The molecule has 2 aromatic heterocycles. The number of pyridine rings is 1. The topological polar surface area (TPSA) is 61.7 Å². The Balaban J connectivity index is 1.57. The predicted molar refractivity (Wildman–Crippen MR) is 123 cm³/mol. The highest BCUT2D eigenvalue weighted by Gasteiger charge is 2.26. The Morgan fingerprint density at radius 1 is 1.13 bits per heavy atom. The molecule has 31 heavy (non-hydrogen) atoms. The van der Waals surface area contributed by atoms with Gasteiger partial charge in [-0.1, -0.05) is 23.7 Å². The van der Waals surface area contributed by atoms with Gasteiger partial charge in [0.2, 0.25) is 5.91 Å². The van der Waals surface area contributed by atoms with Gasteiger partial charge in [0.25, 0.3) is 5.91 Å². The molecule has 0 bridgehead atoms. The summed E-state index contributed by atoms with van der Waals surface area (Å²) in [5.74, 6) is 0.902. The summed E-state index contributed by atoms with van der Waals surface area (Å²) < 4.78 is 1.81. The van der Waals surface area contributed by atoms with Crippen molar-refractivity contribution < 1.29 is 9.59 Å². The Morgan fingerprint density at radius 3 is 2.55 bits per heavy atom. The van der Waals surface area contributed by atoms with Gasteiger partial charge in [0.15, 0.2) is 0 Å². The highest BCUT2D eigenvalue weighted by molar-refractivity contribution is 6.31. The fourth-order valence-corrected chi connectivity index (χ4v) is 4.12. The number of hydrogen-bond acceptors (Lipinski definition) is 4. The minimum absolute atomic E-state index is 0.0271. The molecule has 0 aliphatic carbocycles. The fourth-order valence-electron chi connectivity index (χ4n) is 3.95. The van der Waals surface area contributed by atoms with E-state index in [1.165, 1.54) is 4.90 Å². The third kappa shape index (κ3) is 4.23. The Bertz CT molecular complexity index is 1130. The first-order valence-electron chi connectivity index (χ1n) is 10.3. The maximum atomic E-state index is 13.4. The molecule has 1 saturated heterocycles. The zero-order valence-corrected chi connectivity index (χ0v) is 18.8. The minimum atomic E-state index is -0.0461. The number of piperazine rings is 1. The van der Waals surface area contributed by atoms with Crippen LogP contribution in [0.2, 0.25) is 5.02 Å². The van der Waals surface area contributed by atoms with Gasteiger partial charge in [0.1, 0.15) is 12.4 Å². The van der Waals surface area contributed by atoms with Gasteiger partial charge in [-0.3, -0.25) is 9.59 Å². The van der Waals surface area contributed by atoms with E-state index in [0.29, 0.717) is 23.7 Å². The molecule has 2 amide bonds. The number of amides is 2. The number of hydrogen-bond donors (Lipinski definition) is 0. The monoisotopic (exact) mass is 439 g/mol. The number of anilines is 1. The molecule has 3 aromatic rings. The molecule has 0 unspecified atom stereocenters. The number of carbonyl (C=O) groups is 2. The molecule has 162 valence electrons. The van der Waals surface area contributed by atoms with Crippen molar-refractivity contribution in [1.29, 1.82) is 0 Å². The normalized spacial score (nSPS) is 14.2. The molecule has 1 aliphatic heterocycles. The van der Waals surface area contributed by atoms with Gasteiger partial charge < -0.3 is 19.3 Å². The van der Waals surface area contributed by atoms with E-state index in [0.717, 1.165) is 35.4 Å². The first-order valence-corrected chi connectivity index (χ1v) is 10.7. The first-order chi connectivity index (χ1) is 14.8. The summed E-state index contributed by atoms with van der Waals surface area (Å²) in [4.78, 5) is 35.8. The van der Waals surface area contributed by atoms with Crippen molar-refractivity contribution in [2.45, 2.75) is 13.5 Å². The molecular formula is C23H26ClN5O2. The lowest BCUT2D eigenvalue weighted by Crippen LogP contribution is -2.49. The Hall–Kier alpha value is -3.06. The van der Waals surface area contributed by atoms with Crippen LogP contribution in [0, 0.1) is 6.92 Å². The third-order valence-corrected chi connectivity index (χ3v) is 5.96. The Labute approximate surface area is 186 Å². The average Bonchev–Trinajstić information content (AvgIpc) is 3.11. The van der Waals surface area contributed by atoms with Crippen LogP contribution in [-0.4, -0.2) is 71.4 Å². The lowest BCUT2D eigenvalue weighted by atomic mass is 10.1. The van der Waals surface area contributed by atoms with Crippen LogP contribution in [0.15, 0.2) is 42.7 Å². The number of benzene rings is 1. The molecule has 1 aliphatic rings. The van der Waals surface area contributed by atoms with E-state index in [1.807, 2.05) is 21.6 Å². The fraction of sp³-hybridized carbons (Fsp3) is 0.348. The number of carbonyl (C=O) groups excluding carboxylic acids is 2. The van der Waals surface area contributed by atoms with Gasteiger partial charge in [-0.25, -0.2) is 4.98 Å². The molecular weight excluding hydrogens is 414 g/mol. The summed E-state index contributed by atoms with van der Waals surface area (Å²) in [6, 6.07) is 9.42. The largest absolute Gasteiger partial charge is 0.353 e. The molecule has 0 N–H and O–H groups in total. The molecule has 8 heteroatoms. The second-order valence-electron chi connectivity index (χ2n) is 8.04. The molecule has 0 radical (unpaired) electrons. The quantitative estimate of drug-likeness (QED) is 0.626. The molecule has 1 aromatic carbocycles. The van der Waals surface area contributed by atoms with Gasteiger partial charge in [-0.2, -0.15) is 0 Å². The van der Waals surface area contributed by atoms with Crippen LogP contribution in [0.25, 0.3) is 10.9 Å². The average molecular weight is 440 g/mol. The number of rotatable bonds is 4. The number of halogens is 1. The van der Waals surface area contributed by atoms with E-state index in [2.05, 4.69) is 22.9 Å². The molecule has 7 nitrogen and oxygen atoms in total. The highest BCUT2D eigenvalue weighted by atomic mass is 35.5. The number of likely N-dealkylation sites (N-methyl/N-ethyl adjacent to an activating group) is 1. The van der Waals surface area contributed by atoms with Crippen molar-refractivity contribution in [3.63, 3.8) is 0 Å². The van der Waals surface area contributed by atoms with Crippen LogP contribution < -0.4 is 4.90 Å². The maximum absolute atomic E-state index is 13.4. The second-order valence-corrected chi connectivity index (χ2v) is 8.48. The van der Waals surface area contributed by atoms with Crippen LogP contribution >= 0.6 is 11.6 Å². The van der Waals surface area contributed by atoms with E-state index >= 15 is 0 Å². The zero-order valence-electron chi connectivity index (χ0n) is 18.0. The molecule has 0 saturated carbocycles. The van der Waals surface area contributed by atoms with Crippen molar-refractivity contribution in [3.05, 3.63) is 58.9 Å². The smallest absolute Gasteiger partial charge is 0.256 e. The summed E-state index contributed by atoms with van der Waals surface area (Å²) in [5, 5.41) is 1.38. The van der Waals surface area contributed by atoms with E-state index in [1.54, 1.807) is 38.6 Å². The number of aryl methyl sites for hydroxylation is 1. The van der Waals surface area contributed by atoms with Gasteiger partial charge in [-0.15, -0.1) is 0 Å². The van der Waals surface area contributed by atoms with Gasteiger partial charge in [-0.05, 0) is 30.7 Å². The van der Waals surface area contributed by atoms with Crippen LogP contribution in [0.5, 0.6) is 0 Å². The molecule has 4 rings (SSSR count). The van der Waals surface area contributed by atoms with E-state index in [4.69, 9.17) is 11.6 Å². The van der Waals surface area contributed by atoms with E-state index in [9.17, 15) is 9.59 Å². The molecule has 3 heterocycles. The standard InChI is InChI=1S/C23H26ClN5O2/c1-16-5-4-8-25-22(16)27-9-11-28(12-10-27)23(31)19-14-29(15-21(30)26(2)3)20-13-17(24)6-7-18(19)20/h4-8,13-14H,9-12,15H2,1-3H3. The number of nitrogens with zero attached hydrogens (tertiary/aromatic N) is 5. The zero-order chi connectivity index (χ0) is 22.1. The maximum Gasteiger partial charge on any atom is 0.256 e. The number of fused-ring (bicyclic) bond motifs is 1. The predicted octanol–water partition coefficient (Wildman–Crippen LogP) is 3.05. The summed E-state index contributed by atoms with van der Waals surface area (Å²) in [6.07, 6.45) is 3.58. The van der Waals surface area contributed by atoms with Crippen LogP contribution in [0.3, 0.4) is 0 Å². The molecule has 0 spiro atoms. The lowest BCUT2D eigenvalue weighted by molar-refractivity contribution is -0.129. The molecule has 0 atom stereocenters. The van der Waals surface area contributed by atoms with E-state index in [-0.39, 0.29) is 18.4 Å². The summed E-state index contributed by atoms with van der Waals surface area (Å²) >= 11 is 6.20. The van der Waals surface area contributed by atoms with Crippen molar-refractivity contribution in [1.82, 2.24) is 19.4 Å². The van der Waals surface area contributed by atoms with Gasteiger partial charge in [0, 0.05) is 63.1 Å². The summed E-state index contributed by atoms with van der Waals surface area (Å²) in [5.41, 5.74) is 2.52. The number of aromatic nitrogens is 2. The lowest BCUT2D eigenvalue weighted by Gasteiger charge is -2.36.